The number of rotatable bonds is 7. The van der Waals surface area contributed by atoms with Crippen LogP contribution >= 0.6 is 15.9 Å². The Morgan fingerprint density at radius 2 is 1.44 bits per heavy atom. The van der Waals surface area contributed by atoms with Crippen LogP contribution in [0.3, 0.4) is 0 Å². The maximum absolute atomic E-state index is 13.3. The van der Waals surface area contributed by atoms with Crippen molar-refractivity contribution in [3.8, 4) is 0 Å². The van der Waals surface area contributed by atoms with Crippen molar-refractivity contribution in [2.75, 3.05) is 0 Å². The topological polar surface area (TPSA) is 49.4 Å². The van der Waals surface area contributed by atoms with Gasteiger partial charge in [-0.25, -0.2) is 0 Å². The Morgan fingerprint density at radius 3 is 1.94 bits per heavy atom. The molecule has 2 rings (SSSR count). The standard InChI is InChI=1S/C27H37BrN2O2/c1-19(25(32)29-27(5,6)7)30(18-21-10-15-23(28)16-11-21)24(31)17-12-20-8-13-22(14-9-20)26(2,3)4/h8-11,13-16,19H,12,17-18H2,1-7H3,(H,29,32). The molecule has 1 unspecified atom stereocenters. The summed E-state index contributed by atoms with van der Waals surface area (Å²) in [5, 5.41) is 3.00. The van der Waals surface area contributed by atoms with Crippen LogP contribution in [0.15, 0.2) is 53.0 Å². The van der Waals surface area contributed by atoms with Gasteiger partial charge in [0.15, 0.2) is 0 Å². The highest BCUT2D eigenvalue weighted by Crippen LogP contribution is 2.23. The molecule has 1 atom stereocenters. The summed E-state index contributed by atoms with van der Waals surface area (Å²) in [6.07, 6.45) is 1.01. The van der Waals surface area contributed by atoms with Gasteiger partial charge in [-0.15, -0.1) is 0 Å². The first-order valence-electron chi connectivity index (χ1n) is 11.2. The highest BCUT2D eigenvalue weighted by atomic mass is 79.9. The van der Waals surface area contributed by atoms with E-state index in [0.717, 1.165) is 15.6 Å². The molecule has 0 aliphatic carbocycles. The number of nitrogens with one attached hydrogen (secondary N) is 1. The molecule has 0 saturated heterocycles. The van der Waals surface area contributed by atoms with E-state index in [9.17, 15) is 9.59 Å². The van der Waals surface area contributed by atoms with E-state index in [0.29, 0.717) is 19.4 Å². The number of amides is 2. The molecular formula is C27H37BrN2O2. The first kappa shape index (κ1) is 26.1. The van der Waals surface area contributed by atoms with Crippen LogP contribution in [0.5, 0.6) is 0 Å². The Labute approximate surface area is 201 Å². The number of carbonyl (C=O) groups is 2. The second-order valence-electron chi connectivity index (χ2n) is 10.5. The smallest absolute Gasteiger partial charge is 0.242 e. The average Bonchev–Trinajstić information content (AvgIpc) is 2.69. The molecule has 0 aliphatic heterocycles. The number of hydrogen-bond acceptors (Lipinski definition) is 2. The number of halogens is 1. The van der Waals surface area contributed by atoms with Crippen LogP contribution in [0.25, 0.3) is 0 Å². The molecule has 0 radical (unpaired) electrons. The second-order valence-corrected chi connectivity index (χ2v) is 11.4. The van der Waals surface area contributed by atoms with Crippen molar-refractivity contribution in [1.82, 2.24) is 10.2 Å². The van der Waals surface area contributed by atoms with Gasteiger partial charge >= 0.3 is 0 Å². The third kappa shape index (κ3) is 8.09. The normalized spacial score (nSPS) is 12.9. The lowest BCUT2D eigenvalue weighted by Gasteiger charge is -2.31. The van der Waals surface area contributed by atoms with Crippen LogP contribution in [-0.4, -0.2) is 28.3 Å². The van der Waals surface area contributed by atoms with E-state index < -0.39 is 6.04 Å². The molecule has 4 nitrogen and oxygen atoms in total. The zero-order chi connectivity index (χ0) is 24.1. The summed E-state index contributed by atoms with van der Waals surface area (Å²) in [5.41, 5.74) is 3.14. The minimum atomic E-state index is -0.561. The molecule has 5 heteroatoms. The van der Waals surface area contributed by atoms with Gasteiger partial charge in [0.25, 0.3) is 0 Å². The molecule has 0 fully saturated rings. The number of nitrogens with zero attached hydrogens (tertiary/aromatic N) is 1. The van der Waals surface area contributed by atoms with Gasteiger partial charge in [0.05, 0.1) is 0 Å². The third-order valence-corrected chi connectivity index (χ3v) is 5.91. The molecule has 0 aromatic heterocycles. The summed E-state index contributed by atoms with van der Waals surface area (Å²) < 4.78 is 0.983. The fraction of sp³-hybridized carbons (Fsp3) is 0.481. The van der Waals surface area contributed by atoms with E-state index in [2.05, 4.69) is 66.3 Å². The average molecular weight is 502 g/mol. The fourth-order valence-corrected chi connectivity index (χ4v) is 3.67. The maximum Gasteiger partial charge on any atom is 0.242 e. The molecule has 0 heterocycles. The number of aryl methyl sites for hydroxylation is 1. The van der Waals surface area contributed by atoms with E-state index in [4.69, 9.17) is 0 Å². The molecule has 0 saturated carbocycles. The van der Waals surface area contributed by atoms with Gasteiger partial charge < -0.3 is 10.2 Å². The van der Waals surface area contributed by atoms with Crippen molar-refractivity contribution in [3.63, 3.8) is 0 Å². The van der Waals surface area contributed by atoms with Gasteiger partial charge in [0.1, 0.15) is 6.04 Å². The van der Waals surface area contributed by atoms with Crippen molar-refractivity contribution in [2.24, 2.45) is 0 Å². The molecule has 2 amide bonds. The number of hydrogen-bond donors (Lipinski definition) is 1. The lowest BCUT2D eigenvalue weighted by molar-refractivity contribution is -0.141. The van der Waals surface area contributed by atoms with Crippen LogP contribution in [0, 0.1) is 0 Å². The molecule has 2 aromatic rings. The molecule has 174 valence electrons. The van der Waals surface area contributed by atoms with E-state index in [1.165, 1.54) is 5.56 Å². The lowest BCUT2D eigenvalue weighted by Crippen LogP contribution is -2.52. The van der Waals surface area contributed by atoms with Gasteiger partial charge in [0, 0.05) is 23.0 Å². The second kappa shape index (κ2) is 10.7. The van der Waals surface area contributed by atoms with Gasteiger partial charge in [-0.3, -0.25) is 9.59 Å². The van der Waals surface area contributed by atoms with Crippen molar-refractivity contribution in [3.05, 3.63) is 69.7 Å². The summed E-state index contributed by atoms with van der Waals surface area (Å²) in [6, 6.07) is 15.8. The Bertz CT molecular complexity index is 907. The Morgan fingerprint density at radius 1 is 0.906 bits per heavy atom. The number of benzene rings is 2. The van der Waals surface area contributed by atoms with Gasteiger partial charge in [-0.1, -0.05) is 73.1 Å². The first-order chi connectivity index (χ1) is 14.8. The highest BCUT2D eigenvalue weighted by Gasteiger charge is 2.28. The SMILES string of the molecule is CC(C(=O)NC(C)(C)C)N(Cc1ccc(Br)cc1)C(=O)CCc1ccc(C(C)(C)C)cc1. The van der Waals surface area contributed by atoms with Crippen LogP contribution in [0.1, 0.15) is 71.6 Å². The molecule has 1 N–H and O–H groups in total. The molecule has 2 aromatic carbocycles. The van der Waals surface area contributed by atoms with Crippen LogP contribution < -0.4 is 5.32 Å². The highest BCUT2D eigenvalue weighted by molar-refractivity contribution is 9.10. The van der Waals surface area contributed by atoms with Crippen molar-refractivity contribution in [2.45, 2.75) is 84.8 Å². The molecule has 0 aliphatic rings. The summed E-state index contributed by atoms with van der Waals surface area (Å²) in [6.45, 7) is 14.6. The summed E-state index contributed by atoms with van der Waals surface area (Å²) in [7, 11) is 0. The monoisotopic (exact) mass is 500 g/mol. The Balaban J connectivity index is 2.15. The van der Waals surface area contributed by atoms with Crippen LogP contribution in [0.4, 0.5) is 0 Å². The Kier molecular flexibility index (Phi) is 8.69. The quantitative estimate of drug-likeness (QED) is 0.505. The van der Waals surface area contributed by atoms with Crippen molar-refractivity contribution >= 4 is 27.7 Å². The van der Waals surface area contributed by atoms with E-state index in [1.54, 1.807) is 11.8 Å². The van der Waals surface area contributed by atoms with Crippen LogP contribution in [0.2, 0.25) is 0 Å². The van der Waals surface area contributed by atoms with E-state index in [1.807, 2.05) is 45.0 Å². The van der Waals surface area contributed by atoms with Crippen LogP contribution in [-0.2, 0) is 28.0 Å². The maximum atomic E-state index is 13.3. The largest absolute Gasteiger partial charge is 0.350 e. The Hall–Kier alpha value is -2.14. The zero-order valence-electron chi connectivity index (χ0n) is 20.5. The van der Waals surface area contributed by atoms with Gasteiger partial charge in [-0.05, 0) is 68.4 Å². The fourth-order valence-electron chi connectivity index (χ4n) is 3.41. The predicted octanol–water partition coefficient (Wildman–Crippen LogP) is 6.01. The third-order valence-electron chi connectivity index (χ3n) is 5.38. The lowest BCUT2D eigenvalue weighted by atomic mass is 9.86. The zero-order valence-corrected chi connectivity index (χ0v) is 22.0. The first-order valence-corrected chi connectivity index (χ1v) is 12.0. The summed E-state index contributed by atoms with van der Waals surface area (Å²) in [5.74, 6) is -0.165. The molecular weight excluding hydrogens is 464 g/mol. The van der Waals surface area contributed by atoms with Crippen molar-refractivity contribution in [1.29, 1.82) is 0 Å². The minimum absolute atomic E-state index is 0.0237. The van der Waals surface area contributed by atoms with E-state index >= 15 is 0 Å². The summed E-state index contributed by atoms with van der Waals surface area (Å²) >= 11 is 3.45. The molecule has 32 heavy (non-hydrogen) atoms. The summed E-state index contributed by atoms with van der Waals surface area (Å²) in [4.78, 5) is 27.8. The predicted molar refractivity (Wildman–Crippen MR) is 136 cm³/mol. The van der Waals surface area contributed by atoms with Crippen molar-refractivity contribution < 1.29 is 9.59 Å². The van der Waals surface area contributed by atoms with E-state index in [-0.39, 0.29) is 22.8 Å². The molecule has 0 spiro atoms. The van der Waals surface area contributed by atoms with Gasteiger partial charge in [0.2, 0.25) is 11.8 Å². The molecule has 0 bridgehead atoms. The minimum Gasteiger partial charge on any atom is -0.350 e. The van der Waals surface area contributed by atoms with Gasteiger partial charge in [-0.2, -0.15) is 0 Å². The number of carbonyl (C=O) groups excluding carboxylic acids is 2.